The van der Waals surface area contributed by atoms with Gasteiger partial charge in [-0.1, -0.05) is 11.6 Å². The molecule has 0 aliphatic carbocycles. The topological polar surface area (TPSA) is 153 Å². The molecule has 1 saturated heterocycles. The number of pyridine rings is 1. The van der Waals surface area contributed by atoms with Gasteiger partial charge in [-0.2, -0.15) is 4.98 Å². The van der Waals surface area contributed by atoms with E-state index in [-0.39, 0.29) is 30.6 Å². The molecular formula is C22H23ClN6O5. The summed E-state index contributed by atoms with van der Waals surface area (Å²) in [6.45, 7) is 2.31. The molecular weight excluding hydrogens is 464 g/mol. The molecule has 2 unspecified atom stereocenters. The van der Waals surface area contributed by atoms with Gasteiger partial charge in [0.25, 0.3) is 11.9 Å². The van der Waals surface area contributed by atoms with Crippen molar-refractivity contribution >= 4 is 46.4 Å². The van der Waals surface area contributed by atoms with Crippen LogP contribution in [0.2, 0.25) is 5.02 Å². The number of carbonyl (C=O) groups is 3. The number of piperazine rings is 1. The van der Waals surface area contributed by atoms with Gasteiger partial charge in [0.2, 0.25) is 11.8 Å². The van der Waals surface area contributed by atoms with E-state index in [0.717, 1.165) is 0 Å². The van der Waals surface area contributed by atoms with E-state index >= 15 is 0 Å². The van der Waals surface area contributed by atoms with Crippen LogP contribution in [0.4, 0.5) is 6.01 Å². The monoisotopic (exact) mass is 486 g/mol. The van der Waals surface area contributed by atoms with Crippen LogP contribution in [-0.4, -0.2) is 58.3 Å². The Kier molecular flexibility index (Phi) is 6.55. The molecule has 0 radical (unpaired) electrons. The fourth-order valence-corrected chi connectivity index (χ4v) is 3.98. The van der Waals surface area contributed by atoms with Gasteiger partial charge in [0.15, 0.2) is 11.3 Å². The number of benzene rings is 1. The predicted molar refractivity (Wildman–Crippen MR) is 123 cm³/mol. The van der Waals surface area contributed by atoms with Gasteiger partial charge in [-0.25, -0.2) is 0 Å². The Balaban J connectivity index is 1.62. The second kappa shape index (κ2) is 9.56. The highest BCUT2D eigenvalue weighted by Crippen LogP contribution is 2.31. The van der Waals surface area contributed by atoms with Crippen molar-refractivity contribution in [1.29, 1.82) is 0 Å². The van der Waals surface area contributed by atoms with Crippen LogP contribution in [0.5, 0.6) is 5.75 Å². The Morgan fingerprint density at radius 3 is 2.88 bits per heavy atom. The van der Waals surface area contributed by atoms with E-state index in [9.17, 15) is 14.4 Å². The van der Waals surface area contributed by atoms with Gasteiger partial charge >= 0.3 is 0 Å². The van der Waals surface area contributed by atoms with Crippen LogP contribution in [-0.2, 0) is 16.1 Å². The smallest absolute Gasteiger partial charge is 0.296 e. The minimum atomic E-state index is -0.998. The van der Waals surface area contributed by atoms with Crippen LogP contribution in [0.25, 0.3) is 11.1 Å². The van der Waals surface area contributed by atoms with Gasteiger partial charge in [-0.05, 0) is 31.2 Å². The van der Waals surface area contributed by atoms with Gasteiger partial charge in [0, 0.05) is 29.4 Å². The highest BCUT2D eigenvalue weighted by atomic mass is 35.5. The highest BCUT2D eigenvalue weighted by molar-refractivity contribution is 6.30. The Labute approximate surface area is 199 Å². The zero-order valence-corrected chi connectivity index (χ0v) is 19.3. The van der Waals surface area contributed by atoms with Gasteiger partial charge in [-0.15, -0.1) is 0 Å². The first-order valence-corrected chi connectivity index (χ1v) is 10.9. The maximum absolute atomic E-state index is 13.4. The molecule has 34 heavy (non-hydrogen) atoms. The first kappa shape index (κ1) is 23.3. The van der Waals surface area contributed by atoms with E-state index in [2.05, 4.69) is 20.6 Å². The number of primary amides is 1. The number of anilines is 1. The molecule has 0 saturated carbocycles. The number of methoxy groups -OCH3 is 1. The summed E-state index contributed by atoms with van der Waals surface area (Å²) in [5.74, 6) is -1.26. The van der Waals surface area contributed by atoms with E-state index < -0.39 is 23.8 Å². The average Bonchev–Trinajstić information content (AvgIpc) is 3.21. The largest absolute Gasteiger partial charge is 0.493 e. The molecule has 1 aliphatic rings. The zero-order valence-electron chi connectivity index (χ0n) is 18.5. The van der Waals surface area contributed by atoms with Crippen LogP contribution in [0.15, 0.2) is 34.9 Å². The third kappa shape index (κ3) is 4.88. The Morgan fingerprint density at radius 2 is 2.18 bits per heavy atom. The average molecular weight is 487 g/mol. The van der Waals surface area contributed by atoms with E-state index in [1.807, 2.05) is 0 Å². The number of ether oxygens (including phenoxy) is 1. The second-order valence-electron chi connectivity index (χ2n) is 7.92. The number of aromatic nitrogens is 2. The van der Waals surface area contributed by atoms with Crippen molar-refractivity contribution in [2.75, 3.05) is 19.0 Å². The van der Waals surface area contributed by atoms with Gasteiger partial charge < -0.3 is 30.4 Å². The molecule has 4 N–H and O–H groups in total. The summed E-state index contributed by atoms with van der Waals surface area (Å²) in [5.41, 5.74) is 6.95. The number of rotatable bonds is 7. The molecule has 3 amide bonds. The number of nitrogens with zero attached hydrogens (tertiary/aromatic N) is 3. The molecule has 178 valence electrons. The van der Waals surface area contributed by atoms with Gasteiger partial charge in [0.1, 0.15) is 11.6 Å². The zero-order chi connectivity index (χ0) is 24.4. The third-order valence-corrected chi connectivity index (χ3v) is 5.55. The Bertz CT molecular complexity index is 1260. The van der Waals surface area contributed by atoms with Gasteiger partial charge in [-0.3, -0.25) is 19.4 Å². The summed E-state index contributed by atoms with van der Waals surface area (Å²) < 4.78 is 11.2. The molecule has 11 nitrogen and oxygen atoms in total. The molecule has 1 aliphatic heterocycles. The lowest BCUT2D eigenvalue weighted by Gasteiger charge is -2.37. The van der Waals surface area contributed by atoms with Crippen LogP contribution in [0.1, 0.15) is 29.4 Å². The normalized spacial score (nSPS) is 18.0. The van der Waals surface area contributed by atoms with Gasteiger partial charge in [0.05, 0.1) is 25.8 Å². The van der Waals surface area contributed by atoms with Crippen molar-refractivity contribution in [3.63, 3.8) is 0 Å². The molecule has 2 atom stereocenters. The third-order valence-electron chi connectivity index (χ3n) is 5.32. The number of hydrogen-bond donors (Lipinski definition) is 3. The number of oxazole rings is 1. The first-order chi connectivity index (χ1) is 16.2. The lowest BCUT2D eigenvalue weighted by atomic mass is 10.0. The number of fused-ring (bicyclic) bond motifs is 1. The number of amides is 3. The maximum atomic E-state index is 13.4. The molecule has 2 aromatic heterocycles. The summed E-state index contributed by atoms with van der Waals surface area (Å²) in [4.78, 5) is 47.3. The summed E-state index contributed by atoms with van der Waals surface area (Å²) in [5, 5.41) is 6.33. The molecule has 0 bridgehead atoms. The van der Waals surface area contributed by atoms with Crippen molar-refractivity contribution in [3.8, 4) is 5.75 Å². The molecule has 12 heteroatoms. The number of nitrogens with one attached hydrogen (secondary N) is 2. The van der Waals surface area contributed by atoms with Crippen LogP contribution in [0.3, 0.4) is 0 Å². The van der Waals surface area contributed by atoms with Crippen molar-refractivity contribution in [1.82, 2.24) is 20.2 Å². The number of carbonyl (C=O) groups excluding carboxylic acids is 3. The lowest BCUT2D eigenvalue weighted by molar-refractivity contribution is -0.132. The quantitative estimate of drug-likeness (QED) is 0.456. The minimum Gasteiger partial charge on any atom is -0.493 e. The van der Waals surface area contributed by atoms with Crippen molar-refractivity contribution in [2.45, 2.75) is 32.0 Å². The van der Waals surface area contributed by atoms with Crippen LogP contribution >= 0.6 is 11.6 Å². The first-order valence-electron chi connectivity index (χ1n) is 10.5. The summed E-state index contributed by atoms with van der Waals surface area (Å²) in [7, 11) is 1.45. The predicted octanol–water partition coefficient (Wildman–Crippen LogP) is 1.70. The number of hydrogen-bond acceptors (Lipinski definition) is 8. The molecule has 1 aromatic carbocycles. The number of nitrogens with two attached hydrogens (primary N) is 1. The Hall–Kier alpha value is -3.86. The summed E-state index contributed by atoms with van der Waals surface area (Å²) in [6.07, 6.45) is 1.32. The second-order valence-corrected chi connectivity index (χ2v) is 8.35. The van der Waals surface area contributed by atoms with Crippen molar-refractivity contribution in [2.24, 2.45) is 5.73 Å². The van der Waals surface area contributed by atoms with E-state index in [4.69, 9.17) is 26.5 Å². The van der Waals surface area contributed by atoms with Crippen molar-refractivity contribution in [3.05, 3.63) is 46.7 Å². The standard InChI is InChI=1S/C22H23ClN6O5/c1-11-10-29(16(8-18(24)30)20(31)27-11)21(32)12-5-15-19(17(6-12)33-2)34-22(28-15)26-9-14-7-13(23)3-4-25-14/h3-7,11,16H,8-10H2,1-2H3,(H2,24,30)(H,26,28)(H,27,31). The number of halogens is 1. The molecule has 0 spiro atoms. The van der Waals surface area contributed by atoms with E-state index in [1.165, 1.54) is 18.1 Å². The molecule has 3 heterocycles. The minimum absolute atomic E-state index is 0.206. The molecule has 1 fully saturated rings. The summed E-state index contributed by atoms with van der Waals surface area (Å²) >= 11 is 5.99. The van der Waals surface area contributed by atoms with E-state index in [1.54, 1.807) is 31.3 Å². The molecule has 4 rings (SSSR count). The Morgan fingerprint density at radius 1 is 1.38 bits per heavy atom. The lowest BCUT2D eigenvalue weighted by Crippen LogP contribution is -2.61. The molecule has 3 aromatic rings. The fraction of sp³-hybridized carbons (Fsp3) is 0.318. The highest BCUT2D eigenvalue weighted by Gasteiger charge is 2.37. The van der Waals surface area contributed by atoms with Crippen molar-refractivity contribution < 1.29 is 23.5 Å². The SMILES string of the molecule is COc1cc(C(=O)N2CC(C)NC(=O)C2CC(N)=O)cc2nc(NCc3cc(Cl)ccn3)oc12. The summed E-state index contributed by atoms with van der Waals surface area (Å²) in [6, 6.07) is 5.37. The van der Waals surface area contributed by atoms with E-state index in [0.29, 0.717) is 34.1 Å². The van der Waals surface area contributed by atoms with Crippen LogP contribution in [0, 0.1) is 0 Å². The maximum Gasteiger partial charge on any atom is 0.296 e. The van der Waals surface area contributed by atoms with Crippen LogP contribution < -0.4 is 21.1 Å². The fourth-order valence-electron chi connectivity index (χ4n) is 3.80.